The third-order valence-corrected chi connectivity index (χ3v) is 3.57. The molecular formula is C14H16FN3S2. The van der Waals surface area contributed by atoms with Crippen molar-refractivity contribution in [3.05, 3.63) is 52.0 Å². The summed E-state index contributed by atoms with van der Waals surface area (Å²) in [5.41, 5.74) is 0.634. The average Bonchev–Trinajstić information content (AvgIpc) is 2.78. The molecule has 2 aromatic rings. The third-order valence-electron chi connectivity index (χ3n) is 2.57. The SMILES string of the molecule is CC(C)NC(=S)N=c1sccn1Cc1ccccc1F. The summed E-state index contributed by atoms with van der Waals surface area (Å²) in [6.07, 6.45) is 1.88. The van der Waals surface area contributed by atoms with Gasteiger partial charge in [-0.15, -0.1) is 11.3 Å². The molecule has 0 saturated heterocycles. The second-order valence-corrected chi connectivity index (χ2v) is 5.88. The number of nitrogens with one attached hydrogen (secondary N) is 1. The van der Waals surface area contributed by atoms with Crippen molar-refractivity contribution in [2.45, 2.75) is 26.4 Å². The summed E-state index contributed by atoms with van der Waals surface area (Å²) < 4.78 is 15.6. The van der Waals surface area contributed by atoms with E-state index in [1.807, 2.05) is 36.1 Å². The van der Waals surface area contributed by atoms with Crippen molar-refractivity contribution in [1.82, 2.24) is 9.88 Å². The number of thiazole rings is 1. The first kappa shape index (κ1) is 14.9. The molecule has 0 aliphatic heterocycles. The van der Waals surface area contributed by atoms with E-state index in [1.165, 1.54) is 17.4 Å². The molecule has 0 bridgehead atoms. The van der Waals surface area contributed by atoms with Crippen LogP contribution in [0.4, 0.5) is 4.39 Å². The maximum absolute atomic E-state index is 13.7. The number of nitrogens with zero attached hydrogens (tertiary/aromatic N) is 2. The molecule has 0 radical (unpaired) electrons. The van der Waals surface area contributed by atoms with Gasteiger partial charge in [-0.05, 0) is 32.1 Å². The summed E-state index contributed by atoms with van der Waals surface area (Å²) in [4.78, 5) is 5.12. The molecule has 0 saturated carbocycles. The minimum atomic E-state index is -0.208. The number of thiocarbonyl (C=S) groups is 1. The van der Waals surface area contributed by atoms with Crippen LogP contribution in [0.1, 0.15) is 19.4 Å². The zero-order valence-electron chi connectivity index (χ0n) is 11.3. The first-order valence-electron chi connectivity index (χ1n) is 6.29. The van der Waals surface area contributed by atoms with Crippen LogP contribution in [0.5, 0.6) is 0 Å². The van der Waals surface area contributed by atoms with Gasteiger partial charge in [-0.2, -0.15) is 4.99 Å². The fourth-order valence-electron chi connectivity index (χ4n) is 1.68. The molecular weight excluding hydrogens is 293 g/mol. The van der Waals surface area contributed by atoms with E-state index in [1.54, 1.807) is 12.1 Å². The molecule has 0 aliphatic rings. The maximum Gasteiger partial charge on any atom is 0.195 e. The van der Waals surface area contributed by atoms with E-state index in [2.05, 4.69) is 10.3 Å². The highest BCUT2D eigenvalue weighted by atomic mass is 32.1. The Hall–Kier alpha value is -1.53. The summed E-state index contributed by atoms with van der Waals surface area (Å²) in [7, 11) is 0. The van der Waals surface area contributed by atoms with Gasteiger partial charge in [-0.1, -0.05) is 18.2 Å². The van der Waals surface area contributed by atoms with Crippen LogP contribution in [0.2, 0.25) is 0 Å². The molecule has 1 aromatic heterocycles. The van der Waals surface area contributed by atoms with Crippen molar-refractivity contribution in [3.8, 4) is 0 Å². The van der Waals surface area contributed by atoms with Gasteiger partial charge in [0.1, 0.15) is 5.82 Å². The monoisotopic (exact) mass is 309 g/mol. The maximum atomic E-state index is 13.7. The third kappa shape index (κ3) is 3.98. The van der Waals surface area contributed by atoms with Crippen LogP contribution in [0, 0.1) is 5.82 Å². The molecule has 2 rings (SSSR count). The molecule has 1 heterocycles. The lowest BCUT2D eigenvalue weighted by Crippen LogP contribution is -2.29. The smallest absolute Gasteiger partial charge is 0.195 e. The van der Waals surface area contributed by atoms with Crippen molar-refractivity contribution < 1.29 is 4.39 Å². The number of hydrogen-bond acceptors (Lipinski definition) is 2. The van der Waals surface area contributed by atoms with Gasteiger partial charge < -0.3 is 9.88 Å². The Morgan fingerprint density at radius 1 is 1.45 bits per heavy atom. The minimum absolute atomic E-state index is 0.208. The molecule has 6 heteroatoms. The van der Waals surface area contributed by atoms with Crippen LogP contribution >= 0.6 is 23.6 Å². The lowest BCUT2D eigenvalue weighted by Gasteiger charge is -2.07. The molecule has 0 spiro atoms. The summed E-state index contributed by atoms with van der Waals surface area (Å²) in [6.45, 7) is 4.45. The number of halogens is 1. The standard InChI is InChI=1S/C14H16FN3S2/c1-10(2)16-13(19)17-14-18(7-8-20-14)9-11-5-3-4-6-12(11)15/h3-8,10H,9H2,1-2H3,(H,16,19). The second kappa shape index (κ2) is 6.76. The number of aromatic nitrogens is 1. The minimum Gasteiger partial charge on any atom is -0.359 e. The summed E-state index contributed by atoms with van der Waals surface area (Å²) in [6, 6.07) is 6.99. The molecule has 0 atom stereocenters. The predicted molar refractivity (Wildman–Crippen MR) is 84.2 cm³/mol. The number of benzene rings is 1. The van der Waals surface area contributed by atoms with Gasteiger partial charge in [-0.3, -0.25) is 0 Å². The fraction of sp³-hybridized carbons (Fsp3) is 0.286. The van der Waals surface area contributed by atoms with Crippen LogP contribution in [-0.2, 0) is 6.54 Å². The van der Waals surface area contributed by atoms with Gasteiger partial charge in [0, 0.05) is 23.2 Å². The average molecular weight is 309 g/mol. The van der Waals surface area contributed by atoms with E-state index in [0.29, 0.717) is 17.2 Å². The first-order valence-corrected chi connectivity index (χ1v) is 7.57. The van der Waals surface area contributed by atoms with Crippen LogP contribution in [-0.4, -0.2) is 15.7 Å². The Labute approximate surface area is 126 Å². The van der Waals surface area contributed by atoms with E-state index < -0.39 is 0 Å². The zero-order chi connectivity index (χ0) is 14.5. The molecule has 3 nitrogen and oxygen atoms in total. The predicted octanol–water partition coefficient (Wildman–Crippen LogP) is 2.92. The Morgan fingerprint density at radius 2 is 2.20 bits per heavy atom. The Kier molecular flexibility index (Phi) is 5.03. The van der Waals surface area contributed by atoms with Crippen molar-refractivity contribution in [2.24, 2.45) is 4.99 Å². The van der Waals surface area contributed by atoms with Crippen LogP contribution in [0.15, 0.2) is 40.8 Å². The summed E-state index contributed by atoms with van der Waals surface area (Å²) in [5.74, 6) is -0.208. The number of rotatable bonds is 3. The number of hydrogen-bond donors (Lipinski definition) is 1. The van der Waals surface area contributed by atoms with E-state index in [-0.39, 0.29) is 11.9 Å². The molecule has 1 aromatic carbocycles. The highest BCUT2D eigenvalue weighted by Crippen LogP contribution is 2.07. The molecule has 0 amide bonds. The lowest BCUT2D eigenvalue weighted by molar-refractivity contribution is 0.597. The summed E-state index contributed by atoms with van der Waals surface area (Å²) >= 11 is 6.65. The van der Waals surface area contributed by atoms with E-state index in [0.717, 1.165) is 4.80 Å². The van der Waals surface area contributed by atoms with Crippen molar-refractivity contribution >= 4 is 28.7 Å². The van der Waals surface area contributed by atoms with Crippen LogP contribution in [0.3, 0.4) is 0 Å². The van der Waals surface area contributed by atoms with E-state index in [9.17, 15) is 4.39 Å². The first-order chi connectivity index (χ1) is 9.56. The van der Waals surface area contributed by atoms with Gasteiger partial charge in [0.2, 0.25) is 0 Å². The van der Waals surface area contributed by atoms with Crippen molar-refractivity contribution in [1.29, 1.82) is 0 Å². The van der Waals surface area contributed by atoms with Gasteiger partial charge in [0.05, 0.1) is 6.54 Å². The van der Waals surface area contributed by atoms with Crippen LogP contribution in [0.25, 0.3) is 0 Å². The van der Waals surface area contributed by atoms with Crippen LogP contribution < -0.4 is 10.1 Å². The molecule has 106 valence electrons. The lowest BCUT2D eigenvalue weighted by atomic mass is 10.2. The van der Waals surface area contributed by atoms with Crippen molar-refractivity contribution in [3.63, 3.8) is 0 Å². The highest BCUT2D eigenvalue weighted by Gasteiger charge is 2.04. The highest BCUT2D eigenvalue weighted by molar-refractivity contribution is 7.80. The Balaban J connectivity index is 2.23. The molecule has 0 fully saturated rings. The molecule has 1 N–H and O–H groups in total. The molecule has 20 heavy (non-hydrogen) atoms. The quantitative estimate of drug-likeness (QED) is 0.883. The normalized spacial score (nSPS) is 11.9. The molecule has 0 aliphatic carbocycles. The zero-order valence-corrected chi connectivity index (χ0v) is 13.0. The van der Waals surface area contributed by atoms with Gasteiger partial charge >= 0.3 is 0 Å². The largest absolute Gasteiger partial charge is 0.359 e. The van der Waals surface area contributed by atoms with Gasteiger partial charge in [0.15, 0.2) is 9.91 Å². The van der Waals surface area contributed by atoms with Crippen molar-refractivity contribution in [2.75, 3.05) is 0 Å². The van der Waals surface area contributed by atoms with E-state index >= 15 is 0 Å². The van der Waals surface area contributed by atoms with E-state index in [4.69, 9.17) is 12.2 Å². The second-order valence-electron chi connectivity index (χ2n) is 4.62. The van der Waals surface area contributed by atoms with Gasteiger partial charge in [-0.25, -0.2) is 4.39 Å². The fourth-order valence-corrected chi connectivity index (χ4v) is 2.80. The van der Waals surface area contributed by atoms with Gasteiger partial charge in [0.25, 0.3) is 0 Å². The Bertz CT molecular complexity index is 658. The topological polar surface area (TPSA) is 29.3 Å². The Morgan fingerprint density at radius 3 is 2.90 bits per heavy atom. The summed E-state index contributed by atoms with van der Waals surface area (Å²) in [5, 5.41) is 5.43. The molecule has 0 unspecified atom stereocenters.